The highest BCUT2D eigenvalue weighted by atomic mass is 32.2. The summed E-state index contributed by atoms with van der Waals surface area (Å²) < 4.78 is 0. The van der Waals surface area contributed by atoms with Gasteiger partial charge in [0.25, 0.3) is 0 Å². The minimum absolute atomic E-state index is 0.0337. The Bertz CT molecular complexity index is 923. The van der Waals surface area contributed by atoms with Crippen LogP contribution in [0.3, 0.4) is 0 Å². The third kappa shape index (κ3) is 4.86. The van der Waals surface area contributed by atoms with Crippen LogP contribution in [0.15, 0.2) is 71.6 Å². The number of rotatable bonds is 6. The smallest absolute Gasteiger partial charge is 0.234 e. The number of anilines is 1. The summed E-state index contributed by atoms with van der Waals surface area (Å²) in [6.45, 7) is 0. The van der Waals surface area contributed by atoms with Gasteiger partial charge in [-0.1, -0.05) is 42.5 Å². The molecular formula is C21H20N2O2S. The quantitative estimate of drug-likeness (QED) is 0.653. The van der Waals surface area contributed by atoms with E-state index in [1.54, 1.807) is 7.05 Å². The number of thioether (sulfide) groups is 1. The largest absolute Gasteiger partial charge is 0.359 e. The molecule has 0 fully saturated rings. The predicted octanol–water partition coefficient (Wildman–Crippen LogP) is 3.86. The van der Waals surface area contributed by atoms with E-state index in [-0.39, 0.29) is 11.8 Å². The van der Waals surface area contributed by atoms with E-state index in [2.05, 4.69) is 34.9 Å². The monoisotopic (exact) mass is 364 g/mol. The standard InChI is InChI=1S/C21H20N2O2S/c1-22-20(24)12-15-6-9-18(10-7-15)23-21(25)14-26-19-11-8-16-4-2-3-5-17(16)13-19/h2-11,13H,12,14H2,1H3,(H,22,24)(H,23,25). The van der Waals surface area contributed by atoms with Gasteiger partial charge in [0.15, 0.2) is 0 Å². The highest BCUT2D eigenvalue weighted by Crippen LogP contribution is 2.23. The van der Waals surface area contributed by atoms with Gasteiger partial charge in [-0.05, 0) is 40.6 Å². The van der Waals surface area contributed by atoms with E-state index in [0.717, 1.165) is 16.1 Å². The number of carbonyl (C=O) groups excluding carboxylic acids is 2. The van der Waals surface area contributed by atoms with Crippen molar-refractivity contribution in [1.82, 2.24) is 5.32 Å². The first kappa shape index (κ1) is 18.0. The molecule has 2 N–H and O–H groups in total. The molecule has 5 heteroatoms. The van der Waals surface area contributed by atoms with Crippen molar-refractivity contribution in [3.8, 4) is 0 Å². The maximum Gasteiger partial charge on any atom is 0.234 e. The molecule has 3 aromatic carbocycles. The molecule has 0 bridgehead atoms. The summed E-state index contributed by atoms with van der Waals surface area (Å²) in [5.41, 5.74) is 1.64. The van der Waals surface area contributed by atoms with Crippen LogP contribution in [0.1, 0.15) is 5.56 Å². The number of fused-ring (bicyclic) bond motifs is 1. The van der Waals surface area contributed by atoms with Gasteiger partial charge in [0.2, 0.25) is 11.8 Å². The van der Waals surface area contributed by atoms with Crippen LogP contribution in [0.5, 0.6) is 0 Å². The van der Waals surface area contributed by atoms with Crippen molar-refractivity contribution >= 4 is 40.0 Å². The Balaban J connectivity index is 1.54. The number of hydrogen-bond acceptors (Lipinski definition) is 3. The van der Waals surface area contributed by atoms with Gasteiger partial charge in [-0.25, -0.2) is 0 Å². The summed E-state index contributed by atoms with van der Waals surface area (Å²) >= 11 is 1.51. The molecule has 3 aromatic rings. The fourth-order valence-corrected chi connectivity index (χ4v) is 3.33. The lowest BCUT2D eigenvalue weighted by Gasteiger charge is -2.07. The van der Waals surface area contributed by atoms with E-state index in [4.69, 9.17) is 0 Å². The molecule has 0 aromatic heterocycles. The van der Waals surface area contributed by atoms with Gasteiger partial charge in [0.1, 0.15) is 0 Å². The molecule has 0 aliphatic heterocycles. The van der Waals surface area contributed by atoms with Gasteiger partial charge >= 0.3 is 0 Å². The topological polar surface area (TPSA) is 58.2 Å². The second-order valence-corrected chi connectivity index (χ2v) is 6.94. The average Bonchev–Trinajstić information content (AvgIpc) is 2.67. The Morgan fingerprint density at radius 1 is 0.885 bits per heavy atom. The molecule has 2 amide bonds. The molecule has 3 rings (SSSR count). The van der Waals surface area contributed by atoms with Crippen molar-refractivity contribution in [2.75, 3.05) is 18.1 Å². The Labute approximate surface area is 157 Å². The van der Waals surface area contributed by atoms with Gasteiger partial charge in [-0.2, -0.15) is 0 Å². The van der Waals surface area contributed by atoms with E-state index in [0.29, 0.717) is 12.2 Å². The maximum atomic E-state index is 12.2. The summed E-state index contributed by atoms with van der Waals surface area (Å²) in [5.74, 6) is 0.258. The van der Waals surface area contributed by atoms with Crippen LogP contribution < -0.4 is 10.6 Å². The van der Waals surface area contributed by atoms with E-state index < -0.39 is 0 Å². The Hall–Kier alpha value is -2.79. The van der Waals surface area contributed by atoms with E-state index in [9.17, 15) is 9.59 Å². The molecule has 0 unspecified atom stereocenters. The van der Waals surface area contributed by atoms with Crippen LogP contribution in [0.25, 0.3) is 10.8 Å². The first-order chi connectivity index (χ1) is 12.6. The van der Waals surface area contributed by atoms with E-state index in [1.165, 1.54) is 22.5 Å². The van der Waals surface area contributed by atoms with Gasteiger partial charge in [0, 0.05) is 17.6 Å². The van der Waals surface area contributed by atoms with Crippen LogP contribution in [0.2, 0.25) is 0 Å². The number of likely N-dealkylation sites (N-methyl/N-ethyl adjacent to an activating group) is 1. The number of nitrogens with one attached hydrogen (secondary N) is 2. The molecule has 0 spiro atoms. The minimum atomic E-state index is -0.0535. The lowest BCUT2D eigenvalue weighted by atomic mass is 10.1. The lowest BCUT2D eigenvalue weighted by molar-refractivity contribution is -0.120. The maximum absolute atomic E-state index is 12.2. The zero-order valence-electron chi connectivity index (χ0n) is 14.5. The Morgan fingerprint density at radius 3 is 2.35 bits per heavy atom. The van der Waals surface area contributed by atoms with Crippen LogP contribution in [0.4, 0.5) is 5.69 Å². The second-order valence-electron chi connectivity index (χ2n) is 5.89. The third-order valence-corrected chi connectivity index (χ3v) is 4.97. The zero-order chi connectivity index (χ0) is 18.4. The Kier molecular flexibility index (Phi) is 5.92. The van der Waals surface area contributed by atoms with Crippen molar-refractivity contribution < 1.29 is 9.59 Å². The first-order valence-corrected chi connectivity index (χ1v) is 9.33. The van der Waals surface area contributed by atoms with Gasteiger partial charge in [0.05, 0.1) is 12.2 Å². The number of benzene rings is 3. The van der Waals surface area contributed by atoms with E-state index >= 15 is 0 Å². The molecule has 0 aliphatic rings. The fourth-order valence-electron chi connectivity index (χ4n) is 2.58. The van der Waals surface area contributed by atoms with Gasteiger partial charge in [-0.3, -0.25) is 9.59 Å². The van der Waals surface area contributed by atoms with Crippen molar-refractivity contribution in [1.29, 1.82) is 0 Å². The van der Waals surface area contributed by atoms with Crippen molar-refractivity contribution in [2.45, 2.75) is 11.3 Å². The van der Waals surface area contributed by atoms with E-state index in [1.807, 2.05) is 42.5 Å². The van der Waals surface area contributed by atoms with Crippen molar-refractivity contribution in [2.24, 2.45) is 0 Å². The molecule has 4 nitrogen and oxygen atoms in total. The number of hydrogen-bond donors (Lipinski definition) is 2. The summed E-state index contributed by atoms with van der Waals surface area (Å²) in [5, 5.41) is 7.84. The summed E-state index contributed by atoms with van der Waals surface area (Å²) in [6.07, 6.45) is 0.336. The lowest BCUT2D eigenvalue weighted by Crippen LogP contribution is -2.20. The zero-order valence-corrected chi connectivity index (χ0v) is 15.3. The number of amides is 2. The third-order valence-electron chi connectivity index (χ3n) is 3.97. The molecular weight excluding hydrogens is 344 g/mol. The molecule has 0 radical (unpaired) electrons. The van der Waals surface area contributed by atoms with Crippen molar-refractivity contribution in [3.05, 3.63) is 72.3 Å². The SMILES string of the molecule is CNC(=O)Cc1ccc(NC(=O)CSc2ccc3ccccc3c2)cc1. The molecule has 0 atom stereocenters. The van der Waals surface area contributed by atoms with Crippen molar-refractivity contribution in [3.63, 3.8) is 0 Å². The highest BCUT2D eigenvalue weighted by molar-refractivity contribution is 8.00. The van der Waals surface area contributed by atoms with Crippen LogP contribution in [-0.2, 0) is 16.0 Å². The van der Waals surface area contributed by atoms with Gasteiger partial charge < -0.3 is 10.6 Å². The fraction of sp³-hybridized carbons (Fsp3) is 0.143. The van der Waals surface area contributed by atoms with Crippen LogP contribution >= 0.6 is 11.8 Å². The minimum Gasteiger partial charge on any atom is -0.359 e. The molecule has 0 saturated heterocycles. The molecule has 0 heterocycles. The molecule has 0 saturated carbocycles. The van der Waals surface area contributed by atoms with Gasteiger partial charge in [-0.15, -0.1) is 11.8 Å². The number of carbonyl (C=O) groups is 2. The van der Waals surface area contributed by atoms with Crippen LogP contribution in [0, 0.1) is 0 Å². The summed E-state index contributed by atoms with van der Waals surface area (Å²) in [7, 11) is 1.62. The summed E-state index contributed by atoms with van der Waals surface area (Å²) in [4.78, 5) is 24.6. The molecule has 26 heavy (non-hydrogen) atoms. The second kappa shape index (κ2) is 8.54. The normalized spacial score (nSPS) is 10.5. The first-order valence-electron chi connectivity index (χ1n) is 8.35. The average molecular weight is 364 g/mol. The highest BCUT2D eigenvalue weighted by Gasteiger charge is 2.06. The summed E-state index contributed by atoms with van der Waals surface area (Å²) in [6, 6.07) is 21.7. The molecule has 132 valence electrons. The predicted molar refractivity (Wildman–Crippen MR) is 108 cm³/mol. The Morgan fingerprint density at radius 2 is 1.62 bits per heavy atom. The molecule has 0 aliphatic carbocycles. The van der Waals surface area contributed by atoms with Crippen LogP contribution in [-0.4, -0.2) is 24.6 Å².